The number of carbonyl (C=O) groups excluding carboxylic acids is 1. The van der Waals surface area contributed by atoms with Crippen LogP contribution in [0.3, 0.4) is 0 Å². The molecule has 2 aromatic carbocycles. The molecule has 3 aromatic rings. The fraction of sp³-hybridized carbons (Fsp3) is 0.346. The van der Waals surface area contributed by atoms with Gasteiger partial charge in [0.25, 0.3) is 0 Å². The van der Waals surface area contributed by atoms with Crippen LogP contribution in [0.2, 0.25) is 0 Å². The van der Waals surface area contributed by atoms with Crippen LogP contribution in [0, 0.1) is 17.2 Å². The van der Waals surface area contributed by atoms with Gasteiger partial charge in [-0.2, -0.15) is 5.26 Å². The fourth-order valence-electron chi connectivity index (χ4n) is 4.28. The van der Waals surface area contributed by atoms with Crippen LogP contribution < -0.4 is 15.0 Å². The van der Waals surface area contributed by atoms with E-state index in [2.05, 4.69) is 51.8 Å². The van der Waals surface area contributed by atoms with E-state index in [9.17, 15) is 10.1 Å². The Morgan fingerprint density at radius 3 is 2.67 bits per heavy atom. The fourth-order valence-corrected chi connectivity index (χ4v) is 4.69. The Kier molecular flexibility index (Phi) is 7.36. The number of nitrogens with zero attached hydrogens (tertiary/aromatic N) is 3. The highest BCUT2D eigenvalue weighted by Gasteiger charge is 2.27. The number of hydrogen-bond donors (Lipinski definition) is 1. The number of benzene rings is 2. The first-order valence-electron chi connectivity index (χ1n) is 11.2. The number of fused-ring (bicyclic) bond motifs is 1. The Bertz CT molecular complexity index is 1170. The number of thioether (sulfide) groups is 1. The summed E-state index contributed by atoms with van der Waals surface area (Å²) in [7, 11) is 0. The lowest BCUT2D eigenvalue weighted by Gasteiger charge is -2.34. The van der Waals surface area contributed by atoms with E-state index in [4.69, 9.17) is 4.74 Å². The molecule has 0 aliphatic carbocycles. The van der Waals surface area contributed by atoms with Crippen LogP contribution in [0.5, 0.6) is 5.75 Å². The number of ether oxygens (including phenoxy) is 1. The zero-order chi connectivity index (χ0) is 23.2. The molecule has 0 saturated carbocycles. The minimum Gasteiger partial charge on any atom is -0.494 e. The van der Waals surface area contributed by atoms with Crippen molar-refractivity contribution in [2.45, 2.75) is 31.2 Å². The van der Waals surface area contributed by atoms with Crippen LogP contribution in [0.25, 0.3) is 10.9 Å². The van der Waals surface area contributed by atoms with Gasteiger partial charge in [0.2, 0.25) is 5.91 Å². The number of carbonyl (C=O) groups is 1. The van der Waals surface area contributed by atoms with Crippen molar-refractivity contribution in [1.82, 2.24) is 10.3 Å². The topological polar surface area (TPSA) is 78.2 Å². The number of rotatable bonds is 7. The molecule has 0 unspecified atom stereocenters. The molecule has 1 saturated heterocycles. The highest BCUT2D eigenvalue weighted by molar-refractivity contribution is 7.98. The summed E-state index contributed by atoms with van der Waals surface area (Å²) in [6, 6.07) is 16.4. The Morgan fingerprint density at radius 1 is 1.24 bits per heavy atom. The molecule has 0 atom stereocenters. The van der Waals surface area contributed by atoms with Gasteiger partial charge in [0.1, 0.15) is 11.8 Å². The largest absolute Gasteiger partial charge is 0.494 e. The van der Waals surface area contributed by atoms with Crippen molar-refractivity contribution in [2.75, 3.05) is 30.9 Å². The standard InChI is InChI=1S/C26H28N4O2S/c1-3-32-21-6-9-24-23(14-21)25(20(15-27)17-28-24)30-12-10-19(11-13-30)26(31)29-16-18-4-7-22(33-2)8-5-18/h4-9,14,17,19H,3,10-13,16H2,1-2H3,(H,29,31). The summed E-state index contributed by atoms with van der Waals surface area (Å²) in [4.78, 5) is 20.6. The van der Waals surface area contributed by atoms with E-state index in [0.717, 1.165) is 40.7 Å². The molecule has 1 aliphatic heterocycles. The number of nitrogens with one attached hydrogen (secondary N) is 1. The average Bonchev–Trinajstić information content (AvgIpc) is 2.87. The van der Waals surface area contributed by atoms with Crippen molar-refractivity contribution < 1.29 is 9.53 Å². The Balaban J connectivity index is 1.44. The first-order chi connectivity index (χ1) is 16.1. The second-order valence-corrected chi connectivity index (χ2v) is 8.95. The SMILES string of the molecule is CCOc1ccc2ncc(C#N)c(N3CCC(C(=O)NCc4ccc(SC)cc4)CC3)c2c1. The lowest BCUT2D eigenvalue weighted by Crippen LogP contribution is -2.40. The van der Waals surface area contributed by atoms with Crippen LogP contribution >= 0.6 is 11.8 Å². The molecule has 33 heavy (non-hydrogen) atoms. The maximum atomic E-state index is 12.8. The molecular formula is C26H28N4O2S. The summed E-state index contributed by atoms with van der Waals surface area (Å²) in [6.45, 7) is 4.50. The first-order valence-corrected chi connectivity index (χ1v) is 12.5. The third-order valence-electron chi connectivity index (χ3n) is 6.05. The molecule has 2 heterocycles. The third-order valence-corrected chi connectivity index (χ3v) is 6.79. The number of anilines is 1. The van der Waals surface area contributed by atoms with Crippen LogP contribution in [-0.2, 0) is 11.3 Å². The molecule has 0 spiro atoms. The van der Waals surface area contributed by atoms with Crippen molar-refractivity contribution in [3.8, 4) is 11.8 Å². The summed E-state index contributed by atoms with van der Waals surface area (Å²) >= 11 is 1.71. The Labute approximate surface area is 198 Å². The minimum atomic E-state index is -0.0238. The van der Waals surface area contributed by atoms with E-state index in [-0.39, 0.29) is 11.8 Å². The molecule has 1 amide bonds. The molecule has 1 aliphatic rings. The van der Waals surface area contributed by atoms with Crippen LogP contribution in [0.4, 0.5) is 5.69 Å². The summed E-state index contributed by atoms with van der Waals surface area (Å²) in [6.07, 6.45) is 5.18. The van der Waals surface area contributed by atoms with Crippen molar-refractivity contribution in [3.05, 3.63) is 59.8 Å². The number of pyridine rings is 1. The van der Waals surface area contributed by atoms with Crippen molar-refractivity contribution in [3.63, 3.8) is 0 Å². The number of nitriles is 1. The zero-order valence-corrected chi connectivity index (χ0v) is 19.8. The van der Waals surface area contributed by atoms with E-state index in [1.807, 2.05) is 25.1 Å². The second-order valence-electron chi connectivity index (χ2n) is 8.07. The number of hydrogen-bond acceptors (Lipinski definition) is 6. The van der Waals surface area contributed by atoms with Gasteiger partial charge in [-0.3, -0.25) is 9.78 Å². The van der Waals surface area contributed by atoms with Gasteiger partial charge >= 0.3 is 0 Å². The lowest BCUT2D eigenvalue weighted by atomic mass is 9.94. The number of aromatic nitrogens is 1. The molecular weight excluding hydrogens is 432 g/mol. The molecule has 4 rings (SSSR count). The normalized spacial score (nSPS) is 14.2. The van der Waals surface area contributed by atoms with Crippen LogP contribution in [-0.4, -0.2) is 36.8 Å². The van der Waals surface area contributed by atoms with Gasteiger partial charge in [0.05, 0.1) is 23.4 Å². The molecule has 1 aromatic heterocycles. The molecule has 1 fully saturated rings. The Morgan fingerprint density at radius 2 is 2.00 bits per heavy atom. The van der Waals surface area contributed by atoms with Crippen LogP contribution in [0.15, 0.2) is 53.6 Å². The van der Waals surface area contributed by atoms with Gasteiger partial charge in [-0.15, -0.1) is 11.8 Å². The second kappa shape index (κ2) is 10.6. The molecule has 1 N–H and O–H groups in total. The average molecular weight is 461 g/mol. The maximum Gasteiger partial charge on any atom is 0.223 e. The van der Waals surface area contributed by atoms with Gasteiger partial charge in [0, 0.05) is 42.0 Å². The van der Waals surface area contributed by atoms with Gasteiger partial charge in [0.15, 0.2) is 0 Å². The van der Waals surface area contributed by atoms with Crippen molar-refractivity contribution in [2.24, 2.45) is 5.92 Å². The van der Waals surface area contributed by atoms with Crippen molar-refractivity contribution in [1.29, 1.82) is 5.26 Å². The molecule has 6 nitrogen and oxygen atoms in total. The van der Waals surface area contributed by atoms with Gasteiger partial charge in [-0.05, 0) is 61.9 Å². The van der Waals surface area contributed by atoms with E-state index in [1.54, 1.807) is 18.0 Å². The molecule has 170 valence electrons. The molecule has 0 radical (unpaired) electrons. The van der Waals surface area contributed by atoms with E-state index >= 15 is 0 Å². The summed E-state index contributed by atoms with van der Waals surface area (Å²) in [5, 5.41) is 13.7. The molecule has 7 heteroatoms. The monoisotopic (exact) mass is 460 g/mol. The number of amides is 1. The first kappa shape index (κ1) is 22.9. The highest BCUT2D eigenvalue weighted by atomic mass is 32.2. The van der Waals surface area contributed by atoms with E-state index in [1.165, 1.54) is 4.90 Å². The predicted octanol–water partition coefficient (Wildman–Crippen LogP) is 4.76. The van der Waals surface area contributed by atoms with E-state index < -0.39 is 0 Å². The maximum absolute atomic E-state index is 12.8. The van der Waals surface area contributed by atoms with E-state index in [0.29, 0.717) is 31.8 Å². The summed E-state index contributed by atoms with van der Waals surface area (Å²) < 4.78 is 5.67. The van der Waals surface area contributed by atoms with Crippen molar-refractivity contribution >= 4 is 34.3 Å². The summed E-state index contributed by atoms with van der Waals surface area (Å²) in [5.41, 5.74) is 3.37. The van der Waals surface area contributed by atoms with Gasteiger partial charge < -0.3 is 15.0 Å². The smallest absolute Gasteiger partial charge is 0.223 e. The quantitative estimate of drug-likeness (QED) is 0.512. The lowest BCUT2D eigenvalue weighted by molar-refractivity contribution is -0.125. The van der Waals surface area contributed by atoms with Crippen LogP contribution in [0.1, 0.15) is 30.9 Å². The highest BCUT2D eigenvalue weighted by Crippen LogP contribution is 2.34. The zero-order valence-electron chi connectivity index (χ0n) is 19.0. The van der Waals surface area contributed by atoms with Gasteiger partial charge in [-0.1, -0.05) is 12.1 Å². The predicted molar refractivity (Wildman–Crippen MR) is 133 cm³/mol. The van der Waals surface area contributed by atoms with Gasteiger partial charge in [-0.25, -0.2) is 0 Å². The summed E-state index contributed by atoms with van der Waals surface area (Å²) in [5.74, 6) is 0.842. The number of piperidine rings is 1. The minimum absolute atomic E-state index is 0.0238. The Hall–Kier alpha value is -3.24. The third kappa shape index (κ3) is 5.23. The molecule has 0 bridgehead atoms.